The molecule has 5 heteroatoms. The molecule has 66 valence electrons. The molecule has 1 aromatic rings. The van der Waals surface area contributed by atoms with Crippen LogP contribution in [-0.2, 0) is 0 Å². The van der Waals surface area contributed by atoms with E-state index in [9.17, 15) is 0 Å². The highest BCUT2D eigenvalue weighted by Crippen LogP contribution is 2.27. The SMILES string of the molecule is CCSc1nc(Cl)nc(C)c1Cl. The Morgan fingerprint density at radius 3 is 2.58 bits per heavy atom. The maximum absolute atomic E-state index is 5.94. The number of nitrogens with zero attached hydrogens (tertiary/aromatic N) is 2. The van der Waals surface area contributed by atoms with Crippen molar-refractivity contribution in [2.75, 3.05) is 5.75 Å². The lowest BCUT2D eigenvalue weighted by Gasteiger charge is -2.03. The Morgan fingerprint density at radius 2 is 2.00 bits per heavy atom. The van der Waals surface area contributed by atoms with Crippen molar-refractivity contribution in [1.82, 2.24) is 9.97 Å². The molecule has 0 radical (unpaired) electrons. The van der Waals surface area contributed by atoms with Crippen LogP contribution in [0.1, 0.15) is 12.6 Å². The maximum atomic E-state index is 5.94. The lowest BCUT2D eigenvalue weighted by atomic mass is 10.5. The number of hydrogen-bond donors (Lipinski definition) is 0. The fourth-order valence-electron chi connectivity index (χ4n) is 0.732. The second-order valence-electron chi connectivity index (χ2n) is 2.13. The quantitative estimate of drug-likeness (QED) is 0.437. The van der Waals surface area contributed by atoms with E-state index in [1.807, 2.05) is 13.8 Å². The van der Waals surface area contributed by atoms with Gasteiger partial charge in [0.05, 0.1) is 10.7 Å². The van der Waals surface area contributed by atoms with E-state index < -0.39 is 0 Å². The second-order valence-corrected chi connectivity index (χ2v) is 4.10. The van der Waals surface area contributed by atoms with Gasteiger partial charge in [0.15, 0.2) is 0 Å². The van der Waals surface area contributed by atoms with Gasteiger partial charge >= 0.3 is 0 Å². The van der Waals surface area contributed by atoms with Crippen LogP contribution in [0.2, 0.25) is 10.3 Å². The molecule has 0 aliphatic heterocycles. The van der Waals surface area contributed by atoms with Crippen LogP contribution in [0.3, 0.4) is 0 Å². The summed E-state index contributed by atoms with van der Waals surface area (Å²) in [4.78, 5) is 7.93. The third-order valence-corrected chi connectivity index (χ3v) is 2.83. The van der Waals surface area contributed by atoms with E-state index in [-0.39, 0.29) is 5.28 Å². The van der Waals surface area contributed by atoms with E-state index >= 15 is 0 Å². The van der Waals surface area contributed by atoms with Crippen molar-refractivity contribution < 1.29 is 0 Å². The number of halogens is 2. The Bertz CT molecular complexity index is 291. The molecule has 0 saturated carbocycles. The molecule has 0 N–H and O–H groups in total. The van der Waals surface area contributed by atoms with Crippen LogP contribution in [0.4, 0.5) is 0 Å². The van der Waals surface area contributed by atoms with Crippen molar-refractivity contribution >= 4 is 35.0 Å². The highest BCUT2D eigenvalue weighted by Gasteiger charge is 2.07. The molecule has 0 bridgehead atoms. The van der Waals surface area contributed by atoms with Gasteiger partial charge in [-0.2, -0.15) is 0 Å². The fraction of sp³-hybridized carbons (Fsp3) is 0.429. The van der Waals surface area contributed by atoms with Gasteiger partial charge in [0, 0.05) is 0 Å². The zero-order valence-corrected chi connectivity index (χ0v) is 9.09. The van der Waals surface area contributed by atoms with Crippen molar-refractivity contribution in [2.45, 2.75) is 18.9 Å². The van der Waals surface area contributed by atoms with Crippen LogP contribution in [0.5, 0.6) is 0 Å². The van der Waals surface area contributed by atoms with E-state index in [0.29, 0.717) is 5.02 Å². The number of aryl methyl sites for hydroxylation is 1. The molecular formula is C7H8Cl2N2S. The van der Waals surface area contributed by atoms with E-state index in [0.717, 1.165) is 16.5 Å². The molecule has 2 nitrogen and oxygen atoms in total. The zero-order chi connectivity index (χ0) is 9.14. The molecule has 1 aromatic heterocycles. The monoisotopic (exact) mass is 222 g/mol. The third kappa shape index (κ3) is 2.25. The molecule has 0 amide bonds. The average Bonchev–Trinajstić information content (AvgIpc) is 2.00. The smallest absolute Gasteiger partial charge is 0.222 e. The Hall–Kier alpha value is 0.01000. The maximum Gasteiger partial charge on any atom is 0.223 e. The first-order valence-electron chi connectivity index (χ1n) is 3.47. The Kier molecular flexibility index (Phi) is 3.62. The minimum atomic E-state index is 0.257. The van der Waals surface area contributed by atoms with Gasteiger partial charge in [0.1, 0.15) is 5.03 Å². The normalized spacial score (nSPS) is 10.3. The van der Waals surface area contributed by atoms with Gasteiger partial charge in [-0.1, -0.05) is 18.5 Å². The second kappa shape index (κ2) is 4.30. The van der Waals surface area contributed by atoms with Gasteiger partial charge in [-0.05, 0) is 24.3 Å². The molecule has 0 atom stereocenters. The predicted octanol–water partition coefficient (Wildman–Crippen LogP) is 3.20. The summed E-state index contributed by atoms with van der Waals surface area (Å²) in [6.07, 6.45) is 0. The third-order valence-electron chi connectivity index (χ3n) is 1.24. The first-order valence-corrected chi connectivity index (χ1v) is 5.21. The van der Waals surface area contributed by atoms with Gasteiger partial charge in [-0.15, -0.1) is 11.8 Å². The van der Waals surface area contributed by atoms with Crippen LogP contribution < -0.4 is 0 Å². The van der Waals surface area contributed by atoms with Gasteiger partial charge in [0.25, 0.3) is 0 Å². The van der Waals surface area contributed by atoms with E-state index in [1.54, 1.807) is 11.8 Å². The molecule has 0 saturated heterocycles. The number of thioether (sulfide) groups is 1. The van der Waals surface area contributed by atoms with Crippen LogP contribution in [-0.4, -0.2) is 15.7 Å². The molecule has 0 aliphatic carbocycles. The van der Waals surface area contributed by atoms with Crippen molar-refractivity contribution in [3.8, 4) is 0 Å². The molecule has 1 rings (SSSR count). The topological polar surface area (TPSA) is 25.8 Å². The molecule has 0 aromatic carbocycles. The Balaban J connectivity index is 3.09. The first kappa shape index (κ1) is 10.1. The zero-order valence-electron chi connectivity index (χ0n) is 6.77. The van der Waals surface area contributed by atoms with Crippen molar-refractivity contribution in [3.05, 3.63) is 16.0 Å². The average molecular weight is 223 g/mol. The number of aromatic nitrogens is 2. The standard InChI is InChI=1S/C7H8Cl2N2S/c1-3-12-6-5(8)4(2)10-7(9)11-6/h3H2,1-2H3. The number of rotatable bonds is 2. The van der Waals surface area contributed by atoms with E-state index in [2.05, 4.69) is 9.97 Å². The van der Waals surface area contributed by atoms with Gasteiger partial charge in [0.2, 0.25) is 5.28 Å². The van der Waals surface area contributed by atoms with Gasteiger partial charge < -0.3 is 0 Å². The molecule has 0 unspecified atom stereocenters. The summed E-state index contributed by atoms with van der Waals surface area (Å²) in [5.41, 5.74) is 0.729. The van der Waals surface area contributed by atoms with Crippen LogP contribution in [0.25, 0.3) is 0 Å². The molecule has 0 aliphatic rings. The molecule has 1 heterocycles. The van der Waals surface area contributed by atoms with Crippen molar-refractivity contribution in [1.29, 1.82) is 0 Å². The van der Waals surface area contributed by atoms with Crippen molar-refractivity contribution in [2.24, 2.45) is 0 Å². The Labute approximate surface area is 85.7 Å². The summed E-state index contributed by atoms with van der Waals surface area (Å²) in [6.45, 7) is 3.85. The summed E-state index contributed by atoms with van der Waals surface area (Å²) >= 11 is 13.2. The fourth-order valence-corrected chi connectivity index (χ4v) is 1.94. The van der Waals surface area contributed by atoms with Gasteiger partial charge in [-0.25, -0.2) is 9.97 Å². The predicted molar refractivity (Wildman–Crippen MR) is 53.2 cm³/mol. The summed E-state index contributed by atoms with van der Waals surface area (Å²) in [5, 5.41) is 1.62. The molecule has 0 spiro atoms. The van der Waals surface area contributed by atoms with Crippen molar-refractivity contribution in [3.63, 3.8) is 0 Å². The minimum Gasteiger partial charge on any atom is -0.222 e. The summed E-state index contributed by atoms with van der Waals surface area (Å²) < 4.78 is 0. The van der Waals surface area contributed by atoms with E-state index in [4.69, 9.17) is 23.2 Å². The van der Waals surface area contributed by atoms with Crippen LogP contribution >= 0.6 is 35.0 Å². The largest absolute Gasteiger partial charge is 0.223 e. The number of hydrogen-bond acceptors (Lipinski definition) is 3. The molecule has 12 heavy (non-hydrogen) atoms. The summed E-state index contributed by atoms with van der Waals surface area (Å²) in [5.74, 6) is 0.923. The molecule has 0 fully saturated rings. The first-order chi connectivity index (χ1) is 5.65. The highest BCUT2D eigenvalue weighted by molar-refractivity contribution is 7.99. The van der Waals surface area contributed by atoms with Crippen LogP contribution in [0.15, 0.2) is 5.03 Å². The lowest BCUT2D eigenvalue weighted by molar-refractivity contribution is 1.01. The van der Waals surface area contributed by atoms with Gasteiger partial charge in [-0.3, -0.25) is 0 Å². The summed E-state index contributed by atoms with van der Waals surface area (Å²) in [7, 11) is 0. The highest BCUT2D eigenvalue weighted by atomic mass is 35.5. The lowest BCUT2D eigenvalue weighted by Crippen LogP contribution is -1.91. The molecular weight excluding hydrogens is 215 g/mol. The minimum absolute atomic E-state index is 0.257. The summed E-state index contributed by atoms with van der Waals surface area (Å²) in [6, 6.07) is 0. The van der Waals surface area contributed by atoms with Crippen LogP contribution in [0, 0.1) is 6.92 Å². The van der Waals surface area contributed by atoms with E-state index in [1.165, 1.54) is 0 Å². The Morgan fingerprint density at radius 1 is 1.33 bits per heavy atom.